The summed E-state index contributed by atoms with van der Waals surface area (Å²) in [6, 6.07) is 14.1. The van der Waals surface area contributed by atoms with E-state index in [0.29, 0.717) is 45.1 Å². The largest absolute Gasteiger partial charge is 0.453 e. The van der Waals surface area contributed by atoms with E-state index in [9.17, 15) is 18.0 Å². The highest BCUT2D eigenvalue weighted by atomic mass is 32.2. The van der Waals surface area contributed by atoms with Crippen LogP contribution in [0.2, 0.25) is 0 Å². The minimum Gasteiger partial charge on any atom is -0.453 e. The monoisotopic (exact) mass is 849 g/mol. The molecule has 0 spiro atoms. The molecule has 6 aliphatic rings. The van der Waals surface area contributed by atoms with Crippen LogP contribution in [-0.4, -0.2) is 168 Å². The Balaban J connectivity index is 0.898. The number of amides is 2. The number of ether oxygens (including phenoxy) is 2. The topological polar surface area (TPSA) is 118 Å². The highest BCUT2D eigenvalue weighted by Gasteiger charge is 2.54. The number of alkyl carbamates (subject to hydrolysis) is 1. The maximum absolute atomic E-state index is 15.1. The Labute approximate surface area is 355 Å². The second-order valence-electron chi connectivity index (χ2n) is 18.5. The van der Waals surface area contributed by atoms with Crippen LogP contribution in [0.25, 0.3) is 0 Å². The van der Waals surface area contributed by atoms with Gasteiger partial charge in [0, 0.05) is 75.1 Å². The summed E-state index contributed by atoms with van der Waals surface area (Å²) in [6.07, 6.45) is 9.69. The second kappa shape index (κ2) is 17.6. The van der Waals surface area contributed by atoms with Crippen LogP contribution in [-0.2, 0) is 29.7 Å². The van der Waals surface area contributed by atoms with Crippen molar-refractivity contribution in [2.45, 2.75) is 79.0 Å². The van der Waals surface area contributed by atoms with Crippen molar-refractivity contribution in [2.24, 2.45) is 11.8 Å². The van der Waals surface area contributed by atoms with Crippen molar-refractivity contribution in [1.29, 1.82) is 0 Å². The minimum atomic E-state index is -3.70. The lowest BCUT2D eigenvalue weighted by molar-refractivity contribution is -0.127. The first-order valence-corrected chi connectivity index (χ1v) is 23.4. The Hall–Kier alpha value is -3.60. The number of piperazine rings is 1. The van der Waals surface area contributed by atoms with E-state index in [0.717, 1.165) is 82.6 Å². The number of fused-ring (bicyclic) bond motifs is 2. The predicted octanol–water partition coefficient (Wildman–Crippen LogP) is 4.00. The van der Waals surface area contributed by atoms with Gasteiger partial charge in [-0.05, 0) is 133 Å². The van der Waals surface area contributed by atoms with E-state index in [1.165, 1.54) is 19.6 Å². The summed E-state index contributed by atoms with van der Waals surface area (Å²) in [5.41, 5.74) is 1.34. The van der Waals surface area contributed by atoms with Gasteiger partial charge in [0.25, 0.3) is 0 Å². The molecule has 8 rings (SSSR count). The number of benzene rings is 2. The quantitative estimate of drug-likeness (QED) is 0.264. The molecule has 1 aliphatic carbocycles. The molecule has 2 amide bonds. The summed E-state index contributed by atoms with van der Waals surface area (Å²) in [5.74, 6) is 0.195. The van der Waals surface area contributed by atoms with Gasteiger partial charge in [-0.3, -0.25) is 4.79 Å². The van der Waals surface area contributed by atoms with Gasteiger partial charge in [-0.15, -0.1) is 0 Å². The SMILES string of the molecule is COC(=O)NC1CCCC1C(CN1CCC1)(c1cccc(F)c1)C1CCN(CC2(OC)CN(c3ccc(S(=O)(=O)N4CC5CC4CN5C(=O)C=CCN(C)C)cc3)C2)CC1. The van der Waals surface area contributed by atoms with E-state index < -0.39 is 16.1 Å². The van der Waals surface area contributed by atoms with E-state index in [1.54, 1.807) is 35.7 Å². The van der Waals surface area contributed by atoms with Crippen molar-refractivity contribution in [3.05, 3.63) is 72.1 Å². The molecule has 1 N–H and O–H groups in total. The summed E-state index contributed by atoms with van der Waals surface area (Å²) in [5, 5.41) is 3.19. The fourth-order valence-electron chi connectivity index (χ4n) is 11.5. The van der Waals surface area contributed by atoms with Gasteiger partial charge in [-0.25, -0.2) is 17.6 Å². The number of carbonyl (C=O) groups is 2. The van der Waals surface area contributed by atoms with Crippen molar-refractivity contribution in [3.8, 4) is 0 Å². The number of nitrogens with one attached hydrogen (secondary N) is 1. The van der Waals surface area contributed by atoms with E-state index in [1.807, 2.05) is 48.2 Å². The van der Waals surface area contributed by atoms with Gasteiger partial charge in [0.15, 0.2) is 0 Å². The van der Waals surface area contributed by atoms with E-state index in [-0.39, 0.29) is 51.7 Å². The van der Waals surface area contributed by atoms with Gasteiger partial charge in [-0.1, -0.05) is 24.6 Å². The number of likely N-dealkylation sites (tertiary alicyclic amines) is 3. The first kappa shape index (κ1) is 43.1. The number of hydrogen-bond donors (Lipinski definition) is 1. The summed E-state index contributed by atoms with van der Waals surface area (Å²) in [6.45, 7) is 8.34. The average Bonchev–Trinajstić information content (AvgIpc) is 3.97. The molecule has 328 valence electrons. The Morgan fingerprint density at radius 2 is 1.70 bits per heavy atom. The van der Waals surface area contributed by atoms with Gasteiger partial charge >= 0.3 is 6.09 Å². The summed E-state index contributed by atoms with van der Waals surface area (Å²) >= 11 is 0. The minimum absolute atomic E-state index is 0.0361. The van der Waals surface area contributed by atoms with Gasteiger partial charge < -0.3 is 39.3 Å². The van der Waals surface area contributed by atoms with Crippen molar-refractivity contribution in [2.75, 3.05) is 105 Å². The Bertz CT molecular complexity index is 1980. The molecule has 0 aromatic heterocycles. The summed E-state index contributed by atoms with van der Waals surface area (Å²) in [7, 11) is 3.39. The van der Waals surface area contributed by atoms with Crippen LogP contribution in [0, 0.1) is 17.7 Å². The molecular formula is C45H64FN7O6S. The molecule has 5 atom stereocenters. The van der Waals surface area contributed by atoms with Crippen LogP contribution >= 0.6 is 0 Å². The lowest BCUT2D eigenvalue weighted by Gasteiger charge is -2.55. The van der Waals surface area contributed by atoms with E-state index in [4.69, 9.17) is 9.47 Å². The first-order valence-electron chi connectivity index (χ1n) is 21.9. The number of hydrogen-bond acceptors (Lipinski definition) is 10. The third-order valence-corrected chi connectivity index (χ3v) is 16.6. The third kappa shape index (κ3) is 8.46. The fourth-order valence-corrected chi connectivity index (χ4v) is 13.2. The molecule has 6 fully saturated rings. The van der Waals surface area contributed by atoms with Gasteiger partial charge in [0.2, 0.25) is 15.9 Å². The zero-order chi connectivity index (χ0) is 42.2. The molecule has 15 heteroatoms. The van der Waals surface area contributed by atoms with E-state index in [2.05, 4.69) is 26.1 Å². The zero-order valence-corrected chi connectivity index (χ0v) is 36.6. The van der Waals surface area contributed by atoms with Crippen LogP contribution in [0.3, 0.4) is 0 Å². The molecule has 2 bridgehead atoms. The lowest BCUT2D eigenvalue weighted by Crippen LogP contribution is -2.68. The number of rotatable bonds is 15. The molecule has 2 aromatic carbocycles. The van der Waals surface area contributed by atoms with Gasteiger partial charge in [0.05, 0.1) is 25.1 Å². The fraction of sp³-hybridized carbons (Fsp3) is 0.644. The number of anilines is 1. The number of carbonyl (C=O) groups excluding carboxylic acids is 2. The first-order chi connectivity index (χ1) is 28.8. The van der Waals surface area contributed by atoms with Crippen LogP contribution in [0.15, 0.2) is 65.6 Å². The summed E-state index contributed by atoms with van der Waals surface area (Å²) in [4.78, 5) is 36.7. The smallest absolute Gasteiger partial charge is 0.407 e. The molecule has 2 aromatic rings. The van der Waals surface area contributed by atoms with Crippen LogP contribution in [0.5, 0.6) is 0 Å². The zero-order valence-electron chi connectivity index (χ0n) is 35.8. The molecule has 13 nitrogen and oxygen atoms in total. The number of halogens is 1. The molecule has 60 heavy (non-hydrogen) atoms. The molecule has 1 saturated carbocycles. The van der Waals surface area contributed by atoms with Crippen molar-refractivity contribution in [3.63, 3.8) is 0 Å². The van der Waals surface area contributed by atoms with Gasteiger partial charge in [-0.2, -0.15) is 4.31 Å². The highest BCUT2D eigenvalue weighted by molar-refractivity contribution is 7.89. The molecule has 5 unspecified atom stereocenters. The normalized spacial score (nSPS) is 27.3. The van der Waals surface area contributed by atoms with Crippen molar-refractivity contribution < 1.29 is 31.9 Å². The number of likely N-dealkylation sites (N-methyl/N-ethyl adjacent to an activating group) is 1. The number of piperidine rings is 1. The van der Waals surface area contributed by atoms with Crippen LogP contribution in [0.1, 0.15) is 50.5 Å². The average molecular weight is 850 g/mol. The molecular weight excluding hydrogens is 786 g/mol. The predicted molar refractivity (Wildman–Crippen MR) is 229 cm³/mol. The van der Waals surface area contributed by atoms with Gasteiger partial charge in [0.1, 0.15) is 11.4 Å². The van der Waals surface area contributed by atoms with Crippen LogP contribution < -0.4 is 10.2 Å². The summed E-state index contributed by atoms with van der Waals surface area (Å²) < 4.78 is 55.6. The highest BCUT2D eigenvalue weighted by Crippen LogP contribution is 2.52. The molecule has 5 heterocycles. The molecule has 0 radical (unpaired) electrons. The Morgan fingerprint density at radius 1 is 0.950 bits per heavy atom. The Kier molecular flexibility index (Phi) is 12.7. The van der Waals surface area contributed by atoms with Crippen LogP contribution in [0.4, 0.5) is 14.9 Å². The second-order valence-corrected chi connectivity index (χ2v) is 20.4. The maximum atomic E-state index is 15.1. The lowest BCUT2D eigenvalue weighted by atomic mass is 9.57. The Morgan fingerprint density at radius 3 is 2.32 bits per heavy atom. The third-order valence-electron chi connectivity index (χ3n) is 14.7. The van der Waals surface area contributed by atoms with Crippen molar-refractivity contribution >= 4 is 27.7 Å². The standard InChI is InChI=1S/C45H64FN7O6S/c1-48(2)20-7-13-42(54)52-27-38-26-37(52)28-53(38)60(56,57)39-16-14-36(15-17-39)51-30-44(31-51,59-4)29-50-23-18-33(19-24-50)45(32-49-21-8-22-49,34-9-5-10-35(46)25-34)40-11-6-12-41(40)47-43(55)58-3/h5,7,9-10,13-17,25,33,37-38,40-41H,6,8,11-12,18-24,26-32H2,1-4H3,(H,47,55). The van der Waals surface area contributed by atoms with E-state index >= 15 is 4.39 Å². The number of methoxy groups -OCH3 is 2. The maximum Gasteiger partial charge on any atom is 0.407 e. The van der Waals surface area contributed by atoms with Crippen molar-refractivity contribution in [1.82, 2.24) is 29.2 Å². The molecule has 5 saturated heterocycles. The molecule has 5 aliphatic heterocycles. The number of sulfonamides is 1. The number of nitrogens with zero attached hydrogens (tertiary/aromatic N) is 6.